The summed E-state index contributed by atoms with van der Waals surface area (Å²) < 4.78 is 1.10. The first-order valence-corrected chi connectivity index (χ1v) is 10.6. The van der Waals surface area contributed by atoms with E-state index in [-0.39, 0.29) is 5.91 Å². The molecule has 0 radical (unpaired) electrons. The number of nitrogen functional groups attached to an aromatic ring is 1. The number of amides is 1. The summed E-state index contributed by atoms with van der Waals surface area (Å²) >= 11 is 1.64. The van der Waals surface area contributed by atoms with Crippen molar-refractivity contribution in [2.45, 2.75) is 19.8 Å². The molecule has 2 aromatic carbocycles. The molecule has 2 aromatic heterocycles. The number of nitrogens with zero attached hydrogens (tertiary/aromatic N) is 2. The number of carbonyl (C=O) groups is 1. The predicted octanol–water partition coefficient (Wildman–Crippen LogP) is 4.99. The summed E-state index contributed by atoms with van der Waals surface area (Å²) in [6.45, 7) is 2.77. The van der Waals surface area contributed by atoms with Gasteiger partial charge in [-0.3, -0.25) is 9.78 Å². The van der Waals surface area contributed by atoms with Crippen LogP contribution in [0.25, 0.3) is 21.3 Å². The van der Waals surface area contributed by atoms with E-state index in [1.807, 2.05) is 59.8 Å². The quantitative estimate of drug-likeness (QED) is 0.528. The number of hydrogen-bond donors (Lipinski definition) is 1. The average molecular weight is 400 g/mol. The van der Waals surface area contributed by atoms with Gasteiger partial charge in [0.2, 0.25) is 5.91 Å². The maximum atomic E-state index is 12.9. The Balaban J connectivity index is 1.44. The largest absolute Gasteiger partial charge is 0.396 e. The molecule has 0 aliphatic carbocycles. The lowest BCUT2D eigenvalue weighted by atomic mass is 10.0. The summed E-state index contributed by atoms with van der Waals surface area (Å²) in [7, 11) is 0. The van der Waals surface area contributed by atoms with Crippen LogP contribution in [0.1, 0.15) is 16.7 Å². The molecule has 0 unspecified atom stereocenters. The second-order valence-corrected chi connectivity index (χ2v) is 8.47. The molecule has 4 nitrogen and oxygen atoms in total. The summed E-state index contributed by atoms with van der Waals surface area (Å²) in [5.74, 6) is 0.138. The molecule has 4 aromatic rings. The minimum atomic E-state index is 0.138. The van der Waals surface area contributed by atoms with Crippen LogP contribution in [0.5, 0.6) is 0 Å². The zero-order valence-corrected chi connectivity index (χ0v) is 17.0. The predicted molar refractivity (Wildman–Crippen MR) is 120 cm³/mol. The van der Waals surface area contributed by atoms with Gasteiger partial charge in [-0.15, -0.1) is 11.3 Å². The van der Waals surface area contributed by atoms with E-state index in [1.165, 1.54) is 11.1 Å². The number of fused-ring (bicyclic) bond motifs is 2. The third-order valence-electron chi connectivity index (χ3n) is 5.54. The van der Waals surface area contributed by atoms with Gasteiger partial charge in [0.05, 0.1) is 22.5 Å². The van der Waals surface area contributed by atoms with Crippen LogP contribution in [-0.2, 0) is 17.6 Å². The zero-order chi connectivity index (χ0) is 20.0. The van der Waals surface area contributed by atoms with Gasteiger partial charge in [-0.25, -0.2) is 0 Å². The van der Waals surface area contributed by atoms with E-state index >= 15 is 0 Å². The van der Waals surface area contributed by atoms with Crippen LogP contribution in [-0.4, -0.2) is 17.4 Å². The van der Waals surface area contributed by atoms with Gasteiger partial charge in [0.1, 0.15) is 0 Å². The fraction of sp³-hybridized carbons (Fsp3) is 0.167. The second kappa shape index (κ2) is 7.01. The summed E-state index contributed by atoms with van der Waals surface area (Å²) in [5, 5.41) is 3.09. The van der Waals surface area contributed by atoms with Crippen molar-refractivity contribution in [1.82, 2.24) is 4.98 Å². The van der Waals surface area contributed by atoms with Crippen LogP contribution in [0.4, 0.5) is 11.4 Å². The van der Waals surface area contributed by atoms with Crippen molar-refractivity contribution in [3.05, 3.63) is 76.8 Å². The first-order chi connectivity index (χ1) is 14.1. The molecular weight excluding hydrogens is 378 g/mol. The van der Waals surface area contributed by atoms with Crippen LogP contribution in [0.15, 0.2) is 60.1 Å². The molecular formula is C24H21N3OS. The first-order valence-electron chi connectivity index (χ1n) is 9.71. The van der Waals surface area contributed by atoms with E-state index in [9.17, 15) is 4.79 Å². The number of carbonyl (C=O) groups excluding carboxylic acids is 1. The zero-order valence-electron chi connectivity index (χ0n) is 16.2. The van der Waals surface area contributed by atoms with Gasteiger partial charge in [-0.05, 0) is 48.1 Å². The average Bonchev–Trinajstić information content (AvgIpc) is 3.35. The highest BCUT2D eigenvalue weighted by Crippen LogP contribution is 2.36. The standard InChI is InChI=1S/C24H21N3OS/c1-15-3-2-4-16(11-15)12-22(28)27-9-7-17-13-18(5-6-20(17)27)24-23(25)19-8-10-29-21(19)14-26-24/h2-6,8,10-11,13-14H,7,9,12,25H2,1H3. The molecule has 144 valence electrons. The fourth-order valence-corrected chi connectivity index (χ4v) is 4.86. The highest BCUT2D eigenvalue weighted by Gasteiger charge is 2.25. The molecule has 5 rings (SSSR count). The third-order valence-corrected chi connectivity index (χ3v) is 6.39. The van der Waals surface area contributed by atoms with Crippen molar-refractivity contribution < 1.29 is 4.79 Å². The number of pyridine rings is 1. The van der Waals surface area contributed by atoms with Crippen LogP contribution < -0.4 is 10.6 Å². The highest BCUT2D eigenvalue weighted by molar-refractivity contribution is 7.17. The Kier molecular flexibility index (Phi) is 4.32. The molecule has 0 atom stereocenters. The SMILES string of the molecule is Cc1cccc(CC(=O)N2CCc3cc(-c4ncc5sccc5c4N)ccc32)c1. The summed E-state index contributed by atoms with van der Waals surface area (Å²) in [6.07, 6.45) is 3.16. The number of rotatable bonds is 3. The first kappa shape index (κ1) is 17.9. The molecule has 2 N–H and O–H groups in total. The molecule has 0 spiro atoms. The number of thiophene rings is 1. The van der Waals surface area contributed by atoms with E-state index < -0.39 is 0 Å². The molecule has 1 aliphatic heterocycles. The Bertz CT molecular complexity index is 1240. The minimum absolute atomic E-state index is 0.138. The van der Waals surface area contributed by atoms with Crippen molar-refractivity contribution in [2.75, 3.05) is 17.2 Å². The Morgan fingerprint density at radius 1 is 1.21 bits per heavy atom. The van der Waals surface area contributed by atoms with Crippen LogP contribution in [0.2, 0.25) is 0 Å². The van der Waals surface area contributed by atoms with E-state index in [0.29, 0.717) is 12.1 Å². The molecule has 0 saturated carbocycles. The van der Waals surface area contributed by atoms with Crippen molar-refractivity contribution in [2.24, 2.45) is 0 Å². The van der Waals surface area contributed by atoms with Gasteiger partial charge < -0.3 is 10.6 Å². The van der Waals surface area contributed by atoms with E-state index in [4.69, 9.17) is 5.73 Å². The number of hydrogen-bond acceptors (Lipinski definition) is 4. The number of aryl methyl sites for hydroxylation is 1. The lowest BCUT2D eigenvalue weighted by molar-refractivity contribution is -0.117. The minimum Gasteiger partial charge on any atom is -0.396 e. The summed E-state index contributed by atoms with van der Waals surface area (Å²) in [4.78, 5) is 19.4. The molecule has 29 heavy (non-hydrogen) atoms. The number of aromatic nitrogens is 1. The summed E-state index contributed by atoms with van der Waals surface area (Å²) in [6, 6.07) is 16.4. The van der Waals surface area contributed by atoms with Crippen molar-refractivity contribution in [1.29, 1.82) is 0 Å². The Morgan fingerprint density at radius 2 is 2.10 bits per heavy atom. The van der Waals surface area contributed by atoms with Gasteiger partial charge in [0.25, 0.3) is 0 Å². The number of anilines is 2. The van der Waals surface area contributed by atoms with Crippen LogP contribution in [0, 0.1) is 6.92 Å². The molecule has 0 saturated heterocycles. The maximum absolute atomic E-state index is 12.9. The molecule has 3 heterocycles. The Labute approximate surface area is 173 Å². The van der Waals surface area contributed by atoms with Crippen LogP contribution in [0.3, 0.4) is 0 Å². The monoisotopic (exact) mass is 399 g/mol. The molecule has 0 bridgehead atoms. The van der Waals surface area contributed by atoms with Gasteiger partial charge in [-0.1, -0.05) is 35.9 Å². The fourth-order valence-electron chi connectivity index (χ4n) is 4.09. The summed E-state index contributed by atoms with van der Waals surface area (Å²) in [5.41, 5.74) is 13.3. The number of benzene rings is 2. The molecule has 0 fully saturated rings. The lowest BCUT2D eigenvalue weighted by Gasteiger charge is -2.18. The van der Waals surface area contributed by atoms with Gasteiger partial charge >= 0.3 is 0 Å². The van der Waals surface area contributed by atoms with Gasteiger partial charge in [0.15, 0.2) is 0 Å². The van der Waals surface area contributed by atoms with Crippen molar-refractivity contribution in [3.8, 4) is 11.3 Å². The van der Waals surface area contributed by atoms with Crippen molar-refractivity contribution in [3.63, 3.8) is 0 Å². The van der Waals surface area contributed by atoms with E-state index in [2.05, 4.69) is 17.1 Å². The van der Waals surface area contributed by atoms with Crippen molar-refractivity contribution >= 4 is 38.7 Å². The second-order valence-electron chi connectivity index (χ2n) is 7.52. The normalized spacial score (nSPS) is 13.1. The van der Waals surface area contributed by atoms with Gasteiger partial charge in [0, 0.05) is 29.4 Å². The Hall–Kier alpha value is -3.18. The van der Waals surface area contributed by atoms with E-state index in [1.54, 1.807) is 11.3 Å². The highest BCUT2D eigenvalue weighted by atomic mass is 32.1. The van der Waals surface area contributed by atoms with Gasteiger partial charge in [-0.2, -0.15) is 0 Å². The Morgan fingerprint density at radius 3 is 2.97 bits per heavy atom. The molecule has 1 amide bonds. The topological polar surface area (TPSA) is 59.2 Å². The third kappa shape index (κ3) is 3.17. The van der Waals surface area contributed by atoms with Crippen LogP contribution >= 0.6 is 11.3 Å². The molecule has 1 aliphatic rings. The maximum Gasteiger partial charge on any atom is 0.231 e. The number of nitrogens with two attached hydrogens (primary N) is 1. The van der Waals surface area contributed by atoms with E-state index in [0.717, 1.165) is 45.6 Å². The lowest BCUT2D eigenvalue weighted by Crippen LogP contribution is -2.30. The smallest absolute Gasteiger partial charge is 0.231 e. The molecule has 5 heteroatoms.